The number of halogens is 1. The molecule has 0 aliphatic carbocycles. The first kappa shape index (κ1) is 12.4. The van der Waals surface area contributed by atoms with Gasteiger partial charge in [0.1, 0.15) is 5.82 Å². The molecule has 3 N–H and O–H groups in total. The molecule has 106 valence electrons. The maximum atomic E-state index is 14.3. The number of fused-ring (bicyclic) bond motifs is 2. The van der Waals surface area contributed by atoms with Crippen molar-refractivity contribution in [3.8, 4) is 11.1 Å². The number of aliphatic hydroxyl groups excluding tert-OH is 1. The summed E-state index contributed by atoms with van der Waals surface area (Å²) in [5, 5.41) is 21.0. The SMILES string of the molecule is OC1CNCc2nc3[nH]ncc3c(-c3ccccc3F)c21. The van der Waals surface area contributed by atoms with E-state index in [9.17, 15) is 9.50 Å². The predicted octanol–water partition coefficient (Wildman–Crippen LogP) is 1.90. The fourth-order valence-electron chi connectivity index (χ4n) is 2.91. The quantitative estimate of drug-likeness (QED) is 0.638. The number of H-pyrrole nitrogens is 1. The number of hydrogen-bond donors (Lipinski definition) is 3. The molecule has 0 saturated carbocycles. The van der Waals surface area contributed by atoms with E-state index in [1.54, 1.807) is 24.4 Å². The summed E-state index contributed by atoms with van der Waals surface area (Å²) >= 11 is 0. The van der Waals surface area contributed by atoms with E-state index >= 15 is 0 Å². The van der Waals surface area contributed by atoms with Gasteiger partial charge in [-0.25, -0.2) is 9.37 Å². The van der Waals surface area contributed by atoms with Crippen LogP contribution in [0, 0.1) is 5.82 Å². The predicted molar refractivity (Wildman–Crippen MR) is 75.9 cm³/mol. The van der Waals surface area contributed by atoms with Gasteiger partial charge in [0.15, 0.2) is 5.65 Å². The van der Waals surface area contributed by atoms with Crippen molar-refractivity contribution in [2.75, 3.05) is 6.54 Å². The van der Waals surface area contributed by atoms with Crippen molar-refractivity contribution in [2.24, 2.45) is 0 Å². The Hall–Kier alpha value is -2.31. The fraction of sp³-hybridized carbons (Fsp3) is 0.200. The molecule has 1 aromatic carbocycles. The summed E-state index contributed by atoms with van der Waals surface area (Å²) in [5.74, 6) is -0.320. The largest absolute Gasteiger partial charge is 0.387 e. The van der Waals surface area contributed by atoms with Gasteiger partial charge in [-0.15, -0.1) is 0 Å². The molecule has 3 heterocycles. The third-order valence-corrected chi connectivity index (χ3v) is 3.82. The number of nitrogens with zero attached hydrogens (tertiary/aromatic N) is 2. The van der Waals surface area contributed by atoms with Gasteiger partial charge in [-0.3, -0.25) is 5.10 Å². The second-order valence-corrected chi connectivity index (χ2v) is 5.11. The Morgan fingerprint density at radius 2 is 2.14 bits per heavy atom. The third-order valence-electron chi connectivity index (χ3n) is 3.82. The number of aromatic amines is 1. The third kappa shape index (κ3) is 1.84. The molecule has 2 aromatic heterocycles. The van der Waals surface area contributed by atoms with Crippen LogP contribution in [-0.4, -0.2) is 26.8 Å². The van der Waals surface area contributed by atoms with Gasteiger partial charge in [-0.1, -0.05) is 18.2 Å². The van der Waals surface area contributed by atoms with Gasteiger partial charge < -0.3 is 10.4 Å². The van der Waals surface area contributed by atoms with Gasteiger partial charge in [-0.05, 0) is 6.07 Å². The minimum atomic E-state index is -0.713. The number of aromatic nitrogens is 3. The molecule has 1 unspecified atom stereocenters. The minimum absolute atomic E-state index is 0.320. The van der Waals surface area contributed by atoms with Crippen LogP contribution in [0.25, 0.3) is 22.2 Å². The highest BCUT2D eigenvalue weighted by molar-refractivity contribution is 5.95. The molecule has 6 heteroatoms. The summed E-state index contributed by atoms with van der Waals surface area (Å²) in [5.41, 5.74) is 3.15. The van der Waals surface area contributed by atoms with Crippen LogP contribution in [0.2, 0.25) is 0 Å². The van der Waals surface area contributed by atoms with Gasteiger partial charge in [0.2, 0.25) is 0 Å². The Bertz CT molecular complexity index is 830. The minimum Gasteiger partial charge on any atom is -0.387 e. The summed E-state index contributed by atoms with van der Waals surface area (Å²) in [6.45, 7) is 0.975. The smallest absolute Gasteiger partial charge is 0.156 e. The molecule has 1 aliphatic rings. The molecule has 0 saturated heterocycles. The first-order valence-electron chi connectivity index (χ1n) is 6.75. The summed E-state index contributed by atoms with van der Waals surface area (Å²) < 4.78 is 14.3. The molecule has 1 atom stereocenters. The number of β-amino-alcohol motifs (C(OH)–C–C–N with tert-alkyl or cyclic N) is 1. The molecule has 0 amide bonds. The average molecular weight is 284 g/mol. The monoisotopic (exact) mass is 284 g/mol. The number of pyridine rings is 1. The Kier molecular flexibility index (Phi) is 2.73. The molecule has 0 bridgehead atoms. The summed E-state index contributed by atoms with van der Waals surface area (Å²) in [6, 6.07) is 6.56. The zero-order valence-electron chi connectivity index (χ0n) is 11.1. The molecule has 21 heavy (non-hydrogen) atoms. The normalized spacial score (nSPS) is 17.9. The van der Waals surface area contributed by atoms with Crippen molar-refractivity contribution < 1.29 is 9.50 Å². The highest BCUT2D eigenvalue weighted by Gasteiger charge is 2.27. The van der Waals surface area contributed by atoms with Crippen molar-refractivity contribution in [1.29, 1.82) is 0 Å². The molecule has 5 nitrogen and oxygen atoms in total. The van der Waals surface area contributed by atoms with Crippen LogP contribution in [0.4, 0.5) is 4.39 Å². The van der Waals surface area contributed by atoms with Crippen LogP contribution in [0.5, 0.6) is 0 Å². The highest BCUT2D eigenvalue weighted by Crippen LogP contribution is 2.38. The van der Waals surface area contributed by atoms with Crippen LogP contribution in [0.3, 0.4) is 0 Å². The maximum absolute atomic E-state index is 14.3. The van der Waals surface area contributed by atoms with E-state index in [1.807, 2.05) is 0 Å². The second-order valence-electron chi connectivity index (χ2n) is 5.11. The van der Waals surface area contributed by atoms with Crippen LogP contribution < -0.4 is 5.32 Å². The van der Waals surface area contributed by atoms with Crippen molar-refractivity contribution in [1.82, 2.24) is 20.5 Å². The summed E-state index contributed by atoms with van der Waals surface area (Å²) in [7, 11) is 0. The Morgan fingerprint density at radius 3 is 3.00 bits per heavy atom. The van der Waals surface area contributed by atoms with Crippen LogP contribution in [0.1, 0.15) is 17.4 Å². The van der Waals surface area contributed by atoms with Gasteiger partial charge in [0.05, 0.1) is 18.0 Å². The number of rotatable bonds is 1. The van der Waals surface area contributed by atoms with Crippen molar-refractivity contribution in [3.05, 3.63) is 47.5 Å². The summed E-state index contributed by atoms with van der Waals surface area (Å²) in [6.07, 6.45) is 0.911. The lowest BCUT2D eigenvalue weighted by Gasteiger charge is -2.25. The van der Waals surface area contributed by atoms with Gasteiger partial charge in [-0.2, -0.15) is 5.10 Å². The van der Waals surface area contributed by atoms with E-state index in [4.69, 9.17) is 0 Å². The molecule has 3 aromatic rings. The number of aliphatic hydroxyl groups is 1. The zero-order chi connectivity index (χ0) is 14.4. The zero-order valence-corrected chi connectivity index (χ0v) is 11.1. The molecule has 0 radical (unpaired) electrons. The van der Waals surface area contributed by atoms with Crippen molar-refractivity contribution in [3.63, 3.8) is 0 Å². The number of nitrogens with one attached hydrogen (secondary N) is 2. The van der Waals surface area contributed by atoms with E-state index in [-0.39, 0.29) is 5.82 Å². The van der Waals surface area contributed by atoms with Crippen LogP contribution in [0.15, 0.2) is 30.5 Å². The van der Waals surface area contributed by atoms with E-state index in [1.165, 1.54) is 6.07 Å². The fourth-order valence-corrected chi connectivity index (χ4v) is 2.91. The van der Waals surface area contributed by atoms with Crippen LogP contribution >= 0.6 is 0 Å². The first-order chi connectivity index (χ1) is 10.3. The molecule has 1 aliphatic heterocycles. The standard InChI is InChI=1S/C15H13FN4O/c16-10-4-2-1-3-8(10)13-9-5-18-20-15(9)19-11-6-17-7-12(21)14(11)13/h1-5,12,17,21H,6-7H2,(H,18,19,20). The summed E-state index contributed by atoms with van der Waals surface area (Å²) in [4.78, 5) is 4.48. The lowest BCUT2D eigenvalue weighted by molar-refractivity contribution is 0.165. The Balaban J connectivity index is 2.13. The number of hydrogen-bond acceptors (Lipinski definition) is 4. The van der Waals surface area contributed by atoms with Gasteiger partial charge in [0, 0.05) is 35.2 Å². The lowest BCUT2D eigenvalue weighted by atomic mass is 9.91. The molecular formula is C15H13FN4O. The first-order valence-corrected chi connectivity index (χ1v) is 6.75. The van der Waals surface area contributed by atoms with E-state index < -0.39 is 6.10 Å². The Morgan fingerprint density at radius 1 is 1.29 bits per heavy atom. The molecular weight excluding hydrogens is 271 g/mol. The van der Waals surface area contributed by atoms with E-state index in [0.717, 1.165) is 11.1 Å². The van der Waals surface area contributed by atoms with Gasteiger partial charge >= 0.3 is 0 Å². The van der Waals surface area contributed by atoms with Crippen molar-refractivity contribution in [2.45, 2.75) is 12.6 Å². The topological polar surface area (TPSA) is 73.8 Å². The number of benzene rings is 1. The average Bonchev–Trinajstić information content (AvgIpc) is 2.94. The van der Waals surface area contributed by atoms with Crippen molar-refractivity contribution >= 4 is 11.0 Å². The maximum Gasteiger partial charge on any atom is 0.156 e. The second kappa shape index (κ2) is 4.61. The van der Waals surface area contributed by atoms with Gasteiger partial charge in [0.25, 0.3) is 0 Å². The molecule has 0 fully saturated rings. The Labute approximate surface area is 119 Å². The molecule has 4 rings (SSSR count). The lowest BCUT2D eigenvalue weighted by Crippen LogP contribution is -2.29. The van der Waals surface area contributed by atoms with E-state index in [0.29, 0.717) is 35.4 Å². The van der Waals surface area contributed by atoms with E-state index in [2.05, 4.69) is 20.5 Å². The highest BCUT2D eigenvalue weighted by atomic mass is 19.1. The van der Waals surface area contributed by atoms with Crippen LogP contribution in [-0.2, 0) is 6.54 Å². The molecule has 0 spiro atoms.